The maximum atomic E-state index is 12.4. The highest BCUT2D eigenvalue weighted by Gasteiger charge is 2.21. The summed E-state index contributed by atoms with van der Waals surface area (Å²) >= 11 is 0. The SMILES string of the molecule is Cc1cc(C)c(C(=O)OCC(=O)Nc2ccc(C)c(S(=O)(=O)N(C)C)c2)c(C)c1. The number of carbonyl (C=O) groups is 2. The molecule has 0 aromatic heterocycles. The van der Waals surface area contributed by atoms with Gasteiger partial charge in [-0.3, -0.25) is 4.79 Å². The van der Waals surface area contributed by atoms with Crippen molar-refractivity contribution in [2.24, 2.45) is 0 Å². The fourth-order valence-corrected chi connectivity index (χ4v) is 4.20. The zero-order valence-electron chi connectivity index (χ0n) is 17.5. The van der Waals surface area contributed by atoms with E-state index in [4.69, 9.17) is 4.74 Å². The molecule has 156 valence electrons. The van der Waals surface area contributed by atoms with Crippen LogP contribution in [0.5, 0.6) is 0 Å². The summed E-state index contributed by atoms with van der Waals surface area (Å²) in [5.41, 5.74) is 3.92. The van der Waals surface area contributed by atoms with Crippen molar-refractivity contribution in [1.29, 1.82) is 0 Å². The maximum absolute atomic E-state index is 12.4. The Hall–Kier alpha value is -2.71. The van der Waals surface area contributed by atoms with Gasteiger partial charge in [-0.2, -0.15) is 0 Å². The van der Waals surface area contributed by atoms with Crippen LogP contribution in [0.2, 0.25) is 0 Å². The topological polar surface area (TPSA) is 92.8 Å². The van der Waals surface area contributed by atoms with Crippen LogP contribution >= 0.6 is 0 Å². The number of esters is 1. The van der Waals surface area contributed by atoms with Crippen molar-refractivity contribution < 1.29 is 22.7 Å². The summed E-state index contributed by atoms with van der Waals surface area (Å²) in [6.45, 7) is 6.77. The Bertz CT molecular complexity index is 1040. The predicted octanol–water partition coefficient (Wildman–Crippen LogP) is 2.97. The average molecular weight is 419 g/mol. The smallest absolute Gasteiger partial charge is 0.339 e. The zero-order valence-corrected chi connectivity index (χ0v) is 18.3. The van der Waals surface area contributed by atoms with Crippen LogP contribution in [0.4, 0.5) is 5.69 Å². The normalized spacial score (nSPS) is 11.4. The summed E-state index contributed by atoms with van der Waals surface area (Å²) in [6.07, 6.45) is 0. The number of hydrogen-bond donors (Lipinski definition) is 1. The molecule has 1 amide bonds. The summed E-state index contributed by atoms with van der Waals surface area (Å²) in [4.78, 5) is 24.7. The summed E-state index contributed by atoms with van der Waals surface area (Å²) < 4.78 is 31.0. The first-order chi connectivity index (χ1) is 13.4. The lowest BCUT2D eigenvalue weighted by Crippen LogP contribution is -2.24. The third kappa shape index (κ3) is 5.21. The summed E-state index contributed by atoms with van der Waals surface area (Å²) in [7, 11) is -0.766. The molecule has 0 spiro atoms. The van der Waals surface area contributed by atoms with Crippen LogP contribution < -0.4 is 5.32 Å². The molecule has 2 rings (SSSR count). The first-order valence-electron chi connectivity index (χ1n) is 9.01. The highest BCUT2D eigenvalue weighted by atomic mass is 32.2. The van der Waals surface area contributed by atoms with E-state index in [1.54, 1.807) is 19.1 Å². The van der Waals surface area contributed by atoms with Crippen LogP contribution in [-0.2, 0) is 19.6 Å². The third-order valence-electron chi connectivity index (χ3n) is 4.45. The molecule has 0 bridgehead atoms. The van der Waals surface area contributed by atoms with E-state index in [-0.39, 0.29) is 4.90 Å². The van der Waals surface area contributed by atoms with Crippen LogP contribution in [0.1, 0.15) is 32.6 Å². The third-order valence-corrected chi connectivity index (χ3v) is 6.40. The molecule has 0 saturated carbocycles. The second kappa shape index (κ2) is 8.75. The quantitative estimate of drug-likeness (QED) is 0.728. The van der Waals surface area contributed by atoms with Crippen LogP contribution in [0.3, 0.4) is 0 Å². The van der Waals surface area contributed by atoms with Gasteiger partial charge in [-0.15, -0.1) is 0 Å². The molecule has 0 atom stereocenters. The second-order valence-corrected chi connectivity index (χ2v) is 9.29. The lowest BCUT2D eigenvalue weighted by Gasteiger charge is -2.15. The number of amides is 1. The molecule has 1 N–H and O–H groups in total. The average Bonchev–Trinajstić information content (AvgIpc) is 2.60. The van der Waals surface area contributed by atoms with E-state index >= 15 is 0 Å². The largest absolute Gasteiger partial charge is 0.452 e. The van der Waals surface area contributed by atoms with Crippen molar-refractivity contribution in [2.45, 2.75) is 32.6 Å². The molecule has 0 saturated heterocycles. The van der Waals surface area contributed by atoms with E-state index in [0.29, 0.717) is 16.8 Å². The number of nitrogens with zero attached hydrogens (tertiary/aromatic N) is 1. The van der Waals surface area contributed by atoms with Crippen molar-refractivity contribution in [1.82, 2.24) is 4.31 Å². The highest BCUT2D eigenvalue weighted by Crippen LogP contribution is 2.22. The zero-order chi connectivity index (χ0) is 21.9. The van der Waals surface area contributed by atoms with Crippen molar-refractivity contribution >= 4 is 27.6 Å². The van der Waals surface area contributed by atoms with E-state index in [2.05, 4.69) is 5.32 Å². The van der Waals surface area contributed by atoms with Gasteiger partial charge in [0, 0.05) is 19.8 Å². The van der Waals surface area contributed by atoms with Gasteiger partial charge in [0.25, 0.3) is 5.91 Å². The molecule has 0 radical (unpaired) electrons. The number of rotatable bonds is 6. The minimum atomic E-state index is -3.64. The summed E-state index contributed by atoms with van der Waals surface area (Å²) in [5.74, 6) is -1.13. The molecule has 0 aliphatic heterocycles. The first-order valence-corrected chi connectivity index (χ1v) is 10.5. The predicted molar refractivity (Wildman–Crippen MR) is 112 cm³/mol. The fraction of sp³-hybridized carbons (Fsp3) is 0.333. The molecular weight excluding hydrogens is 392 g/mol. The number of benzene rings is 2. The van der Waals surface area contributed by atoms with Crippen LogP contribution in [0, 0.1) is 27.7 Å². The number of ether oxygens (including phenoxy) is 1. The van der Waals surface area contributed by atoms with E-state index in [1.165, 1.54) is 20.2 Å². The first kappa shape index (κ1) is 22.6. The standard InChI is InChI=1S/C21H26N2O5S/c1-13-9-15(3)20(16(4)10-13)21(25)28-12-19(24)22-17-8-7-14(2)18(11-17)29(26,27)23(5)6/h7-11H,12H2,1-6H3,(H,22,24). The van der Waals surface area contributed by atoms with E-state index < -0.39 is 28.5 Å². The molecule has 0 aliphatic rings. The fourth-order valence-electron chi connectivity index (χ4n) is 3.05. The summed E-state index contributed by atoms with van der Waals surface area (Å²) in [6, 6.07) is 8.35. The second-order valence-electron chi connectivity index (χ2n) is 7.17. The van der Waals surface area contributed by atoms with Gasteiger partial charge in [0.2, 0.25) is 10.0 Å². The molecule has 0 aliphatic carbocycles. The van der Waals surface area contributed by atoms with E-state index in [1.807, 2.05) is 32.9 Å². The van der Waals surface area contributed by atoms with E-state index in [9.17, 15) is 18.0 Å². The Balaban J connectivity index is 2.10. The molecule has 2 aromatic carbocycles. The Labute approximate surface area is 171 Å². The highest BCUT2D eigenvalue weighted by molar-refractivity contribution is 7.89. The molecule has 2 aromatic rings. The number of anilines is 1. The Morgan fingerprint density at radius 1 is 0.966 bits per heavy atom. The van der Waals surface area contributed by atoms with Gasteiger partial charge in [-0.25, -0.2) is 17.5 Å². The molecule has 8 heteroatoms. The lowest BCUT2D eigenvalue weighted by atomic mass is 10.00. The molecule has 0 unspecified atom stereocenters. The number of carbonyl (C=O) groups excluding carboxylic acids is 2. The number of nitrogens with one attached hydrogen (secondary N) is 1. The van der Waals surface area contributed by atoms with Gasteiger partial charge >= 0.3 is 5.97 Å². The van der Waals surface area contributed by atoms with Crippen molar-refractivity contribution in [3.05, 3.63) is 58.1 Å². The van der Waals surface area contributed by atoms with Gasteiger partial charge in [-0.05, 0) is 56.5 Å². The lowest BCUT2D eigenvalue weighted by molar-refractivity contribution is -0.119. The van der Waals surface area contributed by atoms with Crippen molar-refractivity contribution in [2.75, 3.05) is 26.0 Å². The Morgan fingerprint density at radius 3 is 2.10 bits per heavy atom. The van der Waals surface area contributed by atoms with E-state index in [0.717, 1.165) is 21.0 Å². The maximum Gasteiger partial charge on any atom is 0.339 e. The Morgan fingerprint density at radius 2 is 1.55 bits per heavy atom. The van der Waals surface area contributed by atoms with Gasteiger partial charge in [0.15, 0.2) is 6.61 Å². The number of aryl methyl sites for hydroxylation is 4. The molecular formula is C21H26N2O5S. The van der Waals surface area contributed by atoms with Crippen LogP contribution in [0.15, 0.2) is 35.2 Å². The van der Waals surface area contributed by atoms with Crippen LogP contribution in [-0.4, -0.2) is 45.3 Å². The van der Waals surface area contributed by atoms with Gasteiger partial charge in [0.1, 0.15) is 0 Å². The minimum absolute atomic E-state index is 0.100. The molecule has 29 heavy (non-hydrogen) atoms. The van der Waals surface area contributed by atoms with Crippen molar-refractivity contribution in [3.8, 4) is 0 Å². The number of sulfonamides is 1. The number of hydrogen-bond acceptors (Lipinski definition) is 5. The van der Waals surface area contributed by atoms with Crippen molar-refractivity contribution in [3.63, 3.8) is 0 Å². The Kier molecular flexibility index (Phi) is 6.81. The molecule has 0 heterocycles. The van der Waals surface area contributed by atoms with Gasteiger partial charge in [-0.1, -0.05) is 23.8 Å². The van der Waals surface area contributed by atoms with Gasteiger partial charge in [0.05, 0.1) is 10.5 Å². The summed E-state index contributed by atoms with van der Waals surface area (Å²) in [5, 5.41) is 2.57. The molecule has 0 fully saturated rings. The minimum Gasteiger partial charge on any atom is -0.452 e. The monoisotopic (exact) mass is 418 g/mol. The molecule has 7 nitrogen and oxygen atoms in total. The van der Waals surface area contributed by atoms with Crippen LogP contribution in [0.25, 0.3) is 0 Å². The van der Waals surface area contributed by atoms with Gasteiger partial charge < -0.3 is 10.1 Å².